The summed E-state index contributed by atoms with van der Waals surface area (Å²) in [6, 6.07) is 3.72. The summed E-state index contributed by atoms with van der Waals surface area (Å²) in [4.78, 5) is 13.1. The van der Waals surface area contributed by atoms with Crippen LogP contribution in [0.4, 0.5) is 36.4 Å². The van der Waals surface area contributed by atoms with E-state index in [0.29, 0.717) is 5.56 Å². The van der Waals surface area contributed by atoms with Gasteiger partial charge in [0.25, 0.3) is 5.69 Å². The molecule has 142 valence electrons. The number of rotatable bonds is 5. The maximum absolute atomic E-state index is 13.5. The minimum Gasteiger partial charge on any atom is -0.263 e. The Bertz CT molecular complexity index is 832. The fraction of sp³-hybridized carbons (Fsp3) is 0.385. The number of hydrogen-bond acceptors (Lipinski definition) is 4. The second-order valence-corrected chi connectivity index (χ2v) is 5.31. The van der Waals surface area contributed by atoms with Gasteiger partial charge in [-0.1, -0.05) is 6.07 Å². The lowest BCUT2D eigenvalue weighted by atomic mass is 10.1. The lowest BCUT2D eigenvalue weighted by molar-refractivity contribution is -0.385. The Morgan fingerprint density at radius 3 is 2.27 bits per heavy atom. The van der Waals surface area contributed by atoms with Gasteiger partial charge in [-0.15, -0.1) is 0 Å². The molecule has 0 saturated carbocycles. The van der Waals surface area contributed by atoms with Crippen LogP contribution in [-0.4, -0.2) is 32.2 Å². The molecule has 1 aromatic carbocycles. The summed E-state index contributed by atoms with van der Waals surface area (Å²) in [7, 11) is 0. The predicted molar refractivity (Wildman–Crippen MR) is 71.9 cm³/mol. The third-order valence-corrected chi connectivity index (χ3v) is 3.39. The van der Waals surface area contributed by atoms with Gasteiger partial charge in [0.05, 0.1) is 4.92 Å². The molecule has 0 radical (unpaired) electrons. The van der Waals surface area contributed by atoms with Crippen molar-refractivity contribution in [3.8, 4) is 0 Å². The molecular weight excluding hydrogens is 377 g/mol. The molecule has 0 spiro atoms. The van der Waals surface area contributed by atoms with Gasteiger partial charge in [0.2, 0.25) is 5.82 Å². The van der Waals surface area contributed by atoms with E-state index in [1.54, 1.807) is 0 Å². The Morgan fingerprint density at radius 1 is 1.15 bits per heavy atom. The zero-order chi connectivity index (χ0) is 19.9. The highest BCUT2D eigenvalue weighted by Gasteiger charge is 2.75. The van der Waals surface area contributed by atoms with Crippen molar-refractivity contribution in [3.05, 3.63) is 51.1 Å². The number of nitro benzene ring substituents is 1. The van der Waals surface area contributed by atoms with E-state index in [9.17, 15) is 40.8 Å². The lowest BCUT2D eigenvalue weighted by Crippen LogP contribution is -2.50. The quantitative estimate of drug-likeness (QED) is 0.480. The maximum Gasteiger partial charge on any atom is 0.460 e. The van der Waals surface area contributed by atoms with E-state index in [1.807, 2.05) is 5.10 Å². The van der Waals surface area contributed by atoms with Gasteiger partial charge in [0.15, 0.2) is 0 Å². The summed E-state index contributed by atoms with van der Waals surface area (Å²) in [6.45, 7) is 1.41. The third kappa shape index (κ3) is 3.32. The van der Waals surface area contributed by atoms with Crippen LogP contribution in [0.15, 0.2) is 18.2 Å². The highest BCUT2D eigenvalue weighted by atomic mass is 19.4. The monoisotopic (exact) mass is 386 g/mol. The van der Waals surface area contributed by atoms with E-state index in [4.69, 9.17) is 0 Å². The molecule has 0 aliphatic carbocycles. The van der Waals surface area contributed by atoms with E-state index >= 15 is 0 Å². The number of nitrogens with zero attached hydrogens (tertiary/aromatic N) is 3. The van der Waals surface area contributed by atoms with Crippen molar-refractivity contribution < 1.29 is 35.7 Å². The van der Waals surface area contributed by atoms with Crippen LogP contribution in [0, 0.1) is 17.0 Å². The number of nitrogens with one attached hydrogen (secondary N) is 1. The standard InChI is InChI=1S/C13H9F7N4O2/c1-6-4-7(2-3-8(6)24(25)26)5-9-21-10(23-22-9)11(14,15)12(16,17)13(18,19)20/h2-4H,5H2,1H3,(H,21,22,23). The first-order chi connectivity index (χ1) is 11.8. The molecule has 0 atom stereocenters. The van der Waals surface area contributed by atoms with E-state index < -0.39 is 34.6 Å². The molecule has 0 fully saturated rings. The number of H-pyrrole nitrogens is 1. The highest BCUT2D eigenvalue weighted by molar-refractivity contribution is 5.42. The first-order valence-electron chi connectivity index (χ1n) is 6.75. The average molecular weight is 386 g/mol. The van der Waals surface area contributed by atoms with Crippen LogP contribution >= 0.6 is 0 Å². The Hall–Kier alpha value is -2.73. The van der Waals surface area contributed by atoms with Crippen molar-refractivity contribution >= 4 is 5.69 Å². The predicted octanol–water partition coefficient (Wildman–Crippen LogP) is 3.90. The van der Waals surface area contributed by atoms with Crippen molar-refractivity contribution in [2.24, 2.45) is 0 Å². The molecule has 0 amide bonds. The fourth-order valence-corrected chi connectivity index (χ4v) is 2.06. The number of aryl methyl sites for hydroxylation is 1. The Kier molecular flexibility index (Phi) is 4.68. The molecule has 13 heteroatoms. The van der Waals surface area contributed by atoms with Gasteiger partial charge in [-0.3, -0.25) is 15.2 Å². The van der Waals surface area contributed by atoms with Crippen molar-refractivity contribution in [2.75, 3.05) is 0 Å². The number of nitro groups is 1. The number of halogens is 7. The SMILES string of the molecule is Cc1cc(Cc2nc(C(F)(F)C(F)(F)C(F)(F)F)n[nH]2)ccc1[N+](=O)[O-]. The van der Waals surface area contributed by atoms with Gasteiger partial charge in [-0.25, -0.2) is 4.98 Å². The Labute approximate surface area is 140 Å². The van der Waals surface area contributed by atoms with E-state index in [2.05, 4.69) is 10.1 Å². The summed E-state index contributed by atoms with van der Waals surface area (Å²) >= 11 is 0. The van der Waals surface area contributed by atoms with Gasteiger partial charge in [-0.2, -0.15) is 35.8 Å². The number of alkyl halides is 7. The molecule has 0 bridgehead atoms. The lowest BCUT2D eigenvalue weighted by Gasteiger charge is -2.25. The highest BCUT2D eigenvalue weighted by Crippen LogP contribution is 2.50. The van der Waals surface area contributed by atoms with Crippen LogP contribution < -0.4 is 0 Å². The summed E-state index contributed by atoms with van der Waals surface area (Å²) in [5.41, 5.74) is 0.353. The maximum atomic E-state index is 13.5. The summed E-state index contributed by atoms with van der Waals surface area (Å²) in [5.74, 6) is -14.5. The van der Waals surface area contributed by atoms with Crippen LogP contribution in [0.25, 0.3) is 0 Å². The van der Waals surface area contributed by atoms with E-state index in [1.165, 1.54) is 19.1 Å². The molecule has 0 saturated heterocycles. The molecule has 1 aromatic heterocycles. The molecule has 2 rings (SSSR count). The minimum absolute atomic E-state index is 0.205. The zero-order valence-corrected chi connectivity index (χ0v) is 12.7. The summed E-state index contributed by atoms with van der Waals surface area (Å²) in [5, 5.41) is 15.3. The van der Waals surface area contributed by atoms with E-state index in [-0.39, 0.29) is 17.7 Å². The van der Waals surface area contributed by atoms with Crippen molar-refractivity contribution in [3.63, 3.8) is 0 Å². The van der Waals surface area contributed by atoms with Gasteiger partial charge in [-0.05, 0) is 18.6 Å². The molecule has 2 aromatic rings. The van der Waals surface area contributed by atoms with Gasteiger partial charge in [0, 0.05) is 18.1 Å². The van der Waals surface area contributed by atoms with Crippen LogP contribution in [0.1, 0.15) is 22.8 Å². The molecule has 0 aliphatic rings. The Balaban J connectivity index is 2.28. The minimum atomic E-state index is -6.49. The molecule has 1 heterocycles. The third-order valence-electron chi connectivity index (χ3n) is 3.39. The second kappa shape index (κ2) is 6.21. The summed E-state index contributed by atoms with van der Waals surface area (Å²) < 4.78 is 89.4. The number of benzene rings is 1. The molecule has 26 heavy (non-hydrogen) atoms. The first-order valence-corrected chi connectivity index (χ1v) is 6.75. The Morgan fingerprint density at radius 2 is 1.77 bits per heavy atom. The topological polar surface area (TPSA) is 84.7 Å². The van der Waals surface area contributed by atoms with Crippen LogP contribution in [-0.2, 0) is 12.3 Å². The molecule has 0 unspecified atom stereocenters. The smallest absolute Gasteiger partial charge is 0.263 e. The number of hydrogen-bond donors (Lipinski definition) is 1. The van der Waals surface area contributed by atoms with E-state index in [0.717, 1.165) is 6.07 Å². The van der Waals surface area contributed by atoms with Crippen LogP contribution in [0.3, 0.4) is 0 Å². The summed E-state index contributed by atoms with van der Waals surface area (Å²) in [6.07, 6.45) is -6.79. The average Bonchev–Trinajstić information content (AvgIpc) is 2.94. The normalized spacial score (nSPS) is 13.1. The fourth-order valence-electron chi connectivity index (χ4n) is 2.06. The van der Waals surface area contributed by atoms with Gasteiger partial charge in [0.1, 0.15) is 5.82 Å². The van der Waals surface area contributed by atoms with Gasteiger partial charge < -0.3 is 0 Å². The van der Waals surface area contributed by atoms with Crippen molar-refractivity contribution in [1.29, 1.82) is 0 Å². The first kappa shape index (κ1) is 19.6. The molecular formula is C13H9F7N4O2. The van der Waals surface area contributed by atoms with Crippen LogP contribution in [0.5, 0.6) is 0 Å². The van der Waals surface area contributed by atoms with Crippen molar-refractivity contribution in [2.45, 2.75) is 31.4 Å². The largest absolute Gasteiger partial charge is 0.460 e. The van der Waals surface area contributed by atoms with Crippen molar-refractivity contribution in [1.82, 2.24) is 15.2 Å². The zero-order valence-electron chi connectivity index (χ0n) is 12.7. The number of aromatic amines is 1. The molecule has 6 nitrogen and oxygen atoms in total. The number of aromatic nitrogens is 3. The van der Waals surface area contributed by atoms with Gasteiger partial charge >= 0.3 is 18.0 Å². The molecule has 1 N–H and O–H groups in total. The van der Waals surface area contributed by atoms with Crippen LogP contribution in [0.2, 0.25) is 0 Å². The second-order valence-electron chi connectivity index (χ2n) is 5.31. The molecule has 0 aliphatic heterocycles.